The number of nitrogens with one attached hydrogen (secondary N) is 1. The zero-order chi connectivity index (χ0) is 16.9. The highest BCUT2D eigenvalue weighted by Crippen LogP contribution is 2.20. The Morgan fingerprint density at radius 2 is 1.96 bits per heavy atom. The third-order valence-corrected chi connectivity index (χ3v) is 3.66. The van der Waals surface area contributed by atoms with Gasteiger partial charge in [0.05, 0.1) is 26.5 Å². The van der Waals surface area contributed by atoms with Crippen molar-refractivity contribution < 1.29 is 4.57 Å². The molecule has 6 heteroatoms. The average molecular weight is 321 g/mol. The lowest BCUT2D eigenvalue weighted by molar-refractivity contribution is -0.657. The lowest BCUT2D eigenvalue weighted by Gasteiger charge is -2.06. The van der Waals surface area contributed by atoms with Crippen LogP contribution in [0.1, 0.15) is 0 Å². The first kappa shape index (κ1) is 15.9. The molecule has 1 atom stereocenters. The Bertz CT molecular complexity index is 804. The molecule has 0 spiro atoms. The summed E-state index contributed by atoms with van der Waals surface area (Å²) in [7, 11) is 3.88. The molecule has 3 rings (SSSR count). The minimum absolute atomic E-state index is 0.0397. The monoisotopic (exact) mass is 321 g/mol. The molecule has 0 saturated carbocycles. The van der Waals surface area contributed by atoms with Gasteiger partial charge in [0.15, 0.2) is 0 Å². The highest BCUT2D eigenvalue weighted by molar-refractivity contribution is 5.56. The second-order valence-corrected chi connectivity index (χ2v) is 5.64. The van der Waals surface area contributed by atoms with E-state index in [2.05, 4.69) is 15.5 Å². The molecule has 0 fully saturated rings. The molecule has 0 bridgehead atoms. The molecule has 0 amide bonds. The van der Waals surface area contributed by atoms with E-state index in [1.807, 2.05) is 90.3 Å². The number of allylic oxidation sites excluding steroid dienone is 3. The van der Waals surface area contributed by atoms with Crippen LogP contribution in [0, 0.1) is 0 Å². The molecular formula is C18H21N6+. The minimum atomic E-state index is -0.0397. The quantitative estimate of drug-likeness (QED) is 0.671. The average Bonchev–Trinajstić information content (AvgIpc) is 2.76. The van der Waals surface area contributed by atoms with Crippen molar-refractivity contribution in [1.29, 1.82) is 0 Å². The van der Waals surface area contributed by atoms with E-state index in [0.717, 1.165) is 23.0 Å². The Hall–Kier alpha value is -2.99. The summed E-state index contributed by atoms with van der Waals surface area (Å²) in [6, 6.07) is 7.77. The third-order valence-electron chi connectivity index (χ3n) is 3.66. The lowest BCUT2D eigenvalue weighted by atomic mass is 10.2. The van der Waals surface area contributed by atoms with Crippen molar-refractivity contribution in [2.45, 2.75) is 6.04 Å². The number of rotatable bonds is 4. The zero-order valence-corrected chi connectivity index (χ0v) is 13.8. The van der Waals surface area contributed by atoms with Crippen LogP contribution in [0.15, 0.2) is 83.0 Å². The highest BCUT2D eigenvalue weighted by atomic mass is 15.3. The minimum Gasteiger partial charge on any atom is -0.356 e. The van der Waals surface area contributed by atoms with Crippen molar-refractivity contribution >= 4 is 17.3 Å². The molecule has 122 valence electrons. The third kappa shape index (κ3) is 3.85. The molecule has 1 heterocycles. The summed E-state index contributed by atoms with van der Waals surface area (Å²) in [4.78, 5) is 0. The van der Waals surface area contributed by atoms with Gasteiger partial charge in [-0.15, -0.1) is 0 Å². The van der Waals surface area contributed by atoms with Crippen LogP contribution in [0.2, 0.25) is 0 Å². The largest absolute Gasteiger partial charge is 0.421 e. The number of imidazole rings is 1. The standard InChI is InChI=1S/C18H20N6/c1-23-12-13-24(2)18(23)22-21-17-10-8-16(9-11-17)20-15-5-3-4-14(19)6-7-15/h3-14H,19H2,1-2H3/p+1. The molecule has 3 N–H and O–H groups in total. The normalized spacial score (nSPS) is 17.1. The van der Waals surface area contributed by atoms with Crippen molar-refractivity contribution in [3.05, 3.63) is 72.7 Å². The fraction of sp³-hybridized carbons (Fsp3) is 0.167. The summed E-state index contributed by atoms with van der Waals surface area (Å²) >= 11 is 0. The molecule has 1 unspecified atom stereocenters. The van der Waals surface area contributed by atoms with Crippen LogP contribution >= 0.6 is 0 Å². The number of azo groups is 1. The van der Waals surface area contributed by atoms with E-state index in [9.17, 15) is 0 Å². The molecule has 0 aliphatic heterocycles. The summed E-state index contributed by atoms with van der Waals surface area (Å²) in [5.74, 6) is 0.786. The van der Waals surface area contributed by atoms with E-state index >= 15 is 0 Å². The molecule has 1 aliphatic carbocycles. The predicted molar refractivity (Wildman–Crippen MR) is 95.2 cm³/mol. The molecule has 1 aromatic carbocycles. The fourth-order valence-corrected chi connectivity index (χ4v) is 2.31. The van der Waals surface area contributed by atoms with Gasteiger partial charge in [0.2, 0.25) is 0 Å². The number of hydrogen-bond acceptors (Lipinski definition) is 4. The molecule has 0 saturated heterocycles. The number of hydrogen-bond donors (Lipinski definition) is 2. The van der Waals surface area contributed by atoms with Crippen LogP contribution in [-0.4, -0.2) is 10.6 Å². The topological polar surface area (TPSA) is 71.6 Å². The van der Waals surface area contributed by atoms with Crippen molar-refractivity contribution in [2.24, 2.45) is 30.1 Å². The Morgan fingerprint density at radius 1 is 1.17 bits per heavy atom. The van der Waals surface area contributed by atoms with E-state index in [0.29, 0.717) is 0 Å². The first-order valence-corrected chi connectivity index (χ1v) is 7.74. The lowest BCUT2D eigenvalue weighted by Crippen LogP contribution is -2.25. The van der Waals surface area contributed by atoms with Crippen LogP contribution < -0.4 is 15.6 Å². The maximum Gasteiger partial charge on any atom is 0.421 e. The number of nitrogens with two attached hydrogens (primary N) is 1. The van der Waals surface area contributed by atoms with Gasteiger partial charge >= 0.3 is 5.95 Å². The first-order valence-electron chi connectivity index (χ1n) is 7.74. The van der Waals surface area contributed by atoms with Gasteiger partial charge in [0, 0.05) is 22.5 Å². The second-order valence-electron chi connectivity index (χ2n) is 5.64. The van der Waals surface area contributed by atoms with E-state index in [-0.39, 0.29) is 6.04 Å². The Balaban J connectivity index is 1.69. The van der Waals surface area contributed by atoms with Crippen LogP contribution in [0.25, 0.3) is 0 Å². The van der Waals surface area contributed by atoms with Crippen LogP contribution in [-0.2, 0) is 14.1 Å². The first-order chi connectivity index (χ1) is 11.6. The Labute approximate surface area is 141 Å². The molecule has 6 nitrogen and oxygen atoms in total. The van der Waals surface area contributed by atoms with Crippen molar-refractivity contribution in [1.82, 2.24) is 4.57 Å². The van der Waals surface area contributed by atoms with E-state index in [1.54, 1.807) is 0 Å². The SMILES string of the molecule is Cn1cc[n+](C)c1N=Nc1ccc(NC2=CC=CC(N)C=C2)cc1. The number of nitrogens with zero attached hydrogens (tertiary/aromatic N) is 4. The molecule has 2 aromatic rings. The van der Waals surface area contributed by atoms with Crippen molar-refractivity contribution in [2.75, 3.05) is 5.32 Å². The molecule has 24 heavy (non-hydrogen) atoms. The number of benzene rings is 1. The Morgan fingerprint density at radius 3 is 2.67 bits per heavy atom. The number of anilines is 1. The predicted octanol–water partition coefficient (Wildman–Crippen LogP) is 3.01. The molecular weight excluding hydrogens is 300 g/mol. The summed E-state index contributed by atoms with van der Waals surface area (Å²) in [6.07, 6.45) is 13.7. The molecule has 1 aliphatic rings. The van der Waals surface area contributed by atoms with Gasteiger partial charge in [-0.3, -0.25) is 0 Å². The maximum atomic E-state index is 5.84. The molecule has 0 radical (unpaired) electrons. The van der Waals surface area contributed by atoms with Crippen LogP contribution in [0.5, 0.6) is 0 Å². The van der Waals surface area contributed by atoms with Gasteiger partial charge in [-0.05, 0) is 36.4 Å². The summed E-state index contributed by atoms with van der Waals surface area (Å²) in [6.45, 7) is 0. The van der Waals surface area contributed by atoms with Crippen LogP contribution in [0.3, 0.4) is 0 Å². The Kier molecular flexibility index (Phi) is 4.67. The van der Waals surface area contributed by atoms with Gasteiger partial charge in [-0.25, -0.2) is 9.13 Å². The van der Waals surface area contributed by atoms with E-state index in [1.165, 1.54) is 0 Å². The molecule has 1 aromatic heterocycles. The summed E-state index contributed by atoms with van der Waals surface area (Å²) in [5, 5.41) is 11.9. The smallest absolute Gasteiger partial charge is 0.356 e. The van der Waals surface area contributed by atoms with Crippen molar-refractivity contribution in [3.8, 4) is 0 Å². The number of aromatic nitrogens is 2. The summed E-state index contributed by atoms with van der Waals surface area (Å²) < 4.78 is 3.84. The van der Waals surface area contributed by atoms with E-state index in [4.69, 9.17) is 5.73 Å². The number of aryl methyl sites for hydroxylation is 2. The highest BCUT2D eigenvalue weighted by Gasteiger charge is 2.10. The zero-order valence-electron chi connectivity index (χ0n) is 13.8. The van der Waals surface area contributed by atoms with Gasteiger partial charge < -0.3 is 11.1 Å². The van der Waals surface area contributed by atoms with Gasteiger partial charge in [-0.2, -0.15) is 0 Å². The maximum absolute atomic E-state index is 5.84. The van der Waals surface area contributed by atoms with E-state index < -0.39 is 0 Å². The fourth-order valence-electron chi connectivity index (χ4n) is 2.31. The summed E-state index contributed by atoms with van der Waals surface area (Å²) in [5.41, 5.74) is 8.62. The second kappa shape index (κ2) is 7.06. The van der Waals surface area contributed by atoms with Crippen LogP contribution in [0.4, 0.5) is 17.3 Å². The van der Waals surface area contributed by atoms with Crippen molar-refractivity contribution in [3.63, 3.8) is 0 Å². The van der Waals surface area contributed by atoms with Gasteiger partial charge in [0.25, 0.3) is 0 Å². The van der Waals surface area contributed by atoms with Gasteiger partial charge in [-0.1, -0.05) is 23.3 Å². The van der Waals surface area contributed by atoms with Gasteiger partial charge in [0.1, 0.15) is 5.69 Å².